The van der Waals surface area contributed by atoms with Gasteiger partial charge in [0.05, 0.1) is 13.1 Å². The van der Waals surface area contributed by atoms with Crippen LogP contribution in [0.15, 0.2) is 0 Å². The minimum Gasteiger partial charge on any atom is -0.303 e. The quantitative estimate of drug-likeness (QED) is 0.0335. The normalized spacial score (nSPS) is 12.8. The maximum atomic E-state index is 5.88. The summed E-state index contributed by atoms with van der Waals surface area (Å²) >= 11 is 2.72. The van der Waals surface area contributed by atoms with Gasteiger partial charge in [-0.05, 0) is 60.6 Å². The molecule has 0 amide bonds. The molecule has 172 valence electrons. The van der Waals surface area contributed by atoms with Gasteiger partial charge in [-0.3, -0.25) is 0 Å². The van der Waals surface area contributed by atoms with Crippen LogP contribution in [0, 0.1) is 12.3 Å². The van der Waals surface area contributed by atoms with E-state index in [0.717, 1.165) is 6.54 Å². The largest absolute Gasteiger partial charge is 0.303 e. The van der Waals surface area contributed by atoms with Crippen molar-refractivity contribution in [2.24, 2.45) is 0 Å². The van der Waals surface area contributed by atoms with Gasteiger partial charge < -0.3 is 4.48 Å². The third-order valence-corrected chi connectivity index (χ3v) is 8.25. The summed E-state index contributed by atoms with van der Waals surface area (Å²) < 4.78 is 1.86. The number of quaternary nitrogens is 1. The van der Waals surface area contributed by atoms with Gasteiger partial charge in [0.1, 0.15) is 10.6 Å². The average molecular weight is 519 g/mol. The molecule has 0 saturated carbocycles. The van der Waals surface area contributed by atoms with Crippen molar-refractivity contribution < 1.29 is 4.48 Å². The fourth-order valence-corrected chi connectivity index (χ4v) is 5.84. The zero-order chi connectivity index (χ0) is 21.6. The van der Waals surface area contributed by atoms with Crippen molar-refractivity contribution in [1.82, 2.24) is 0 Å². The van der Waals surface area contributed by atoms with Crippen LogP contribution in [0.2, 0.25) is 0 Å². The van der Waals surface area contributed by atoms with E-state index in [0.29, 0.717) is 4.05 Å². The molecule has 29 heavy (non-hydrogen) atoms. The molecule has 1 atom stereocenters. The van der Waals surface area contributed by atoms with Crippen LogP contribution in [0.4, 0.5) is 0 Å². The molecule has 0 N–H and O–H groups in total. The van der Waals surface area contributed by atoms with Crippen molar-refractivity contribution >= 4 is 22.6 Å². The maximum absolute atomic E-state index is 5.88. The second-order valence-corrected chi connectivity index (χ2v) is 10.6. The lowest BCUT2D eigenvalue weighted by molar-refractivity contribution is -0.928. The number of halogens is 1. The first-order valence-electron chi connectivity index (χ1n) is 13.1. The lowest BCUT2D eigenvalue weighted by Crippen LogP contribution is -2.54. The highest BCUT2D eigenvalue weighted by atomic mass is 127. The van der Waals surface area contributed by atoms with Gasteiger partial charge in [0.25, 0.3) is 0 Å². The fraction of sp³-hybridized carbons (Fsp3) is 0.926. The van der Waals surface area contributed by atoms with Crippen molar-refractivity contribution in [3.63, 3.8) is 0 Å². The van der Waals surface area contributed by atoms with Gasteiger partial charge in [-0.25, -0.2) is 0 Å². The second-order valence-electron chi connectivity index (χ2n) is 9.20. The summed E-state index contributed by atoms with van der Waals surface area (Å²) in [5.74, 6) is 3.07. The fourth-order valence-electron chi connectivity index (χ4n) is 4.46. The number of rotatable bonds is 22. The van der Waals surface area contributed by atoms with Gasteiger partial charge in [0.2, 0.25) is 0 Å². The zero-order valence-corrected chi connectivity index (χ0v) is 22.5. The van der Waals surface area contributed by atoms with Crippen LogP contribution in [-0.4, -0.2) is 28.2 Å². The van der Waals surface area contributed by atoms with Crippen molar-refractivity contribution in [2.45, 2.75) is 140 Å². The summed E-state index contributed by atoms with van der Waals surface area (Å²) in [6, 6.07) is 0. The molecule has 0 fully saturated rings. The Morgan fingerprint density at radius 1 is 0.621 bits per heavy atom. The van der Waals surface area contributed by atoms with Gasteiger partial charge in [-0.15, -0.1) is 6.42 Å². The Bertz CT molecular complexity index is 353. The molecule has 0 aliphatic rings. The summed E-state index contributed by atoms with van der Waals surface area (Å²) in [4.78, 5) is 0. The van der Waals surface area contributed by atoms with Crippen molar-refractivity contribution in [1.29, 1.82) is 0 Å². The van der Waals surface area contributed by atoms with E-state index in [1.165, 1.54) is 133 Å². The molecule has 0 heterocycles. The Hall–Kier alpha value is 0.250. The van der Waals surface area contributed by atoms with E-state index in [1.54, 1.807) is 0 Å². The van der Waals surface area contributed by atoms with Gasteiger partial charge in [-0.1, -0.05) is 97.8 Å². The summed E-state index contributed by atoms with van der Waals surface area (Å²) in [5.41, 5.74) is 0. The average Bonchev–Trinajstić information content (AvgIpc) is 2.72. The van der Waals surface area contributed by atoms with Crippen molar-refractivity contribution in [3.05, 3.63) is 0 Å². The molecule has 1 nitrogen and oxygen atoms in total. The van der Waals surface area contributed by atoms with Crippen LogP contribution in [0.25, 0.3) is 0 Å². The number of nitrogens with zero attached hydrogens (tertiary/aromatic N) is 1. The summed E-state index contributed by atoms with van der Waals surface area (Å²) in [5, 5.41) is 0. The van der Waals surface area contributed by atoms with Gasteiger partial charge >= 0.3 is 0 Å². The first kappa shape index (κ1) is 29.2. The minimum absolute atomic E-state index is 0.683. The zero-order valence-electron chi connectivity index (χ0n) is 20.3. The first-order chi connectivity index (χ1) is 14.2. The molecule has 0 rings (SSSR count). The highest BCUT2D eigenvalue weighted by Crippen LogP contribution is 2.27. The molecular weight excluding hydrogens is 465 g/mol. The highest BCUT2D eigenvalue weighted by molar-refractivity contribution is 14.1. The van der Waals surface area contributed by atoms with Crippen LogP contribution in [0.3, 0.4) is 0 Å². The van der Waals surface area contributed by atoms with E-state index in [2.05, 4.69) is 49.3 Å². The first-order valence-corrected chi connectivity index (χ1v) is 14.3. The summed E-state index contributed by atoms with van der Waals surface area (Å²) in [6.07, 6.45) is 30.9. The molecule has 0 aliphatic carbocycles. The van der Waals surface area contributed by atoms with E-state index >= 15 is 0 Å². The smallest absolute Gasteiger partial charge is 0.141 e. The van der Waals surface area contributed by atoms with E-state index in [-0.39, 0.29) is 0 Å². The number of hydrogen-bond donors (Lipinski definition) is 0. The molecule has 0 radical (unpaired) electrons. The third kappa shape index (κ3) is 15.7. The lowest BCUT2D eigenvalue weighted by atomic mass is 10.1. The Morgan fingerprint density at radius 3 is 1.34 bits per heavy atom. The monoisotopic (exact) mass is 518 g/mol. The predicted octanol–water partition coefficient (Wildman–Crippen LogP) is 9.28. The molecule has 0 bridgehead atoms. The molecule has 0 spiro atoms. The molecule has 0 aromatic heterocycles. The van der Waals surface area contributed by atoms with E-state index < -0.39 is 0 Å². The predicted molar refractivity (Wildman–Crippen MR) is 142 cm³/mol. The Morgan fingerprint density at radius 2 is 1.00 bits per heavy atom. The topological polar surface area (TPSA) is 0 Å². The molecule has 0 aliphatic heterocycles. The van der Waals surface area contributed by atoms with Crippen LogP contribution in [-0.2, 0) is 0 Å². The molecule has 0 saturated heterocycles. The van der Waals surface area contributed by atoms with Crippen molar-refractivity contribution in [3.8, 4) is 12.3 Å². The molecular formula is C27H53IN+. The second kappa shape index (κ2) is 21.5. The molecule has 0 aromatic rings. The minimum atomic E-state index is 0.683. The standard InChI is InChI=1S/C27H53IN/c1-5-9-11-13-15-17-19-21-25-29(24-8-4,27(28)23-7-3)26-22-20-18-16-14-12-10-6-2/h4,27H,5-7,9-26H2,1-3H3/q+1. The maximum Gasteiger partial charge on any atom is 0.141 e. The SMILES string of the molecule is C#CC[N+](CCCCCCCCCC)(CCCCCCCCCC)C(I)CCC. The molecule has 1 unspecified atom stereocenters. The van der Waals surface area contributed by atoms with Gasteiger partial charge in [0, 0.05) is 6.42 Å². The number of alkyl halides is 1. The van der Waals surface area contributed by atoms with E-state index in [9.17, 15) is 0 Å². The van der Waals surface area contributed by atoms with Crippen LogP contribution < -0.4 is 0 Å². The van der Waals surface area contributed by atoms with E-state index in [1.807, 2.05) is 0 Å². The van der Waals surface area contributed by atoms with Gasteiger partial charge in [0.15, 0.2) is 0 Å². The highest BCUT2D eigenvalue weighted by Gasteiger charge is 2.32. The van der Waals surface area contributed by atoms with Gasteiger partial charge in [-0.2, -0.15) is 0 Å². The number of unbranched alkanes of at least 4 members (excludes halogenated alkanes) is 14. The number of terminal acetylenes is 1. The van der Waals surface area contributed by atoms with Crippen molar-refractivity contribution in [2.75, 3.05) is 19.6 Å². The Kier molecular flexibility index (Phi) is 21.7. The van der Waals surface area contributed by atoms with Crippen LogP contribution in [0.5, 0.6) is 0 Å². The van der Waals surface area contributed by atoms with Crippen LogP contribution >= 0.6 is 22.6 Å². The molecule has 2 heteroatoms. The molecule has 0 aromatic carbocycles. The number of hydrogen-bond acceptors (Lipinski definition) is 0. The van der Waals surface area contributed by atoms with Crippen LogP contribution in [0.1, 0.15) is 136 Å². The van der Waals surface area contributed by atoms with E-state index in [4.69, 9.17) is 6.42 Å². The summed E-state index contributed by atoms with van der Waals surface area (Å²) in [7, 11) is 0. The summed E-state index contributed by atoms with van der Waals surface area (Å²) in [6.45, 7) is 10.4. The Balaban J connectivity index is 4.36. The Labute approximate surface area is 198 Å². The third-order valence-electron chi connectivity index (χ3n) is 6.44. The lowest BCUT2D eigenvalue weighted by Gasteiger charge is -2.42.